The van der Waals surface area contributed by atoms with Gasteiger partial charge in [0.05, 0.1) is 12.7 Å². The van der Waals surface area contributed by atoms with Crippen LogP contribution in [0.4, 0.5) is 0 Å². The van der Waals surface area contributed by atoms with E-state index in [0.29, 0.717) is 26.2 Å². The number of carboxylic acids is 1. The normalized spacial score (nSPS) is 15.0. The molecule has 0 aromatic heterocycles. The van der Waals surface area contributed by atoms with Crippen LogP contribution in [0.2, 0.25) is 0 Å². The minimum absolute atomic E-state index is 0.00611. The van der Waals surface area contributed by atoms with Crippen molar-refractivity contribution in [2.75, 3.05) is 26.4 Å². The van der Waals surface area contributed by atoms with Gasteiger partial charge < -0.3 is 24.4 Å². The molecule has 0 heterocycles. The average Bonchev–Trinajstić information content (AvgIpc) is 2.59. The molecule has 0 aromatic rings. The lowest BCUT2D eigenvalue weighted by Crippen LogP contribution is -2.44. The highest BCUT2D eigenvalue weighted by molar-refractivity contribution is 5.66. The van der Waals surface area contributed by atoms with Gasteiger partial charge in [0, 0.05) is 26.2 Å². The minimum Gasteiger partial charge on any atom is -0.481 e. The zero-order chi connectivity index (χ0) is 18.9. The molecule has 0 radical (unpaired) electrons. The van der Waals surface area contributed by atoms with Gasteiger partial charge in [-0.1, -0.05) is 40.0 Å². The number of carboxylic acid groups (broad SMARTS) is 1. The van der Waals surface area contributed by atoms with Crippen LogP contribution < -0.4 is 0 Å². The number of hydrogen-bond acceptors (Lipinski definition) is 5. The molecule has 0 saturated heterocycles. The Morgan fingerprint density at radius 1 is 0.920 bits per heavy atom. The lowest BCUT2D eigenvalue weighted by atomic mass is 10.0. The van der Waals surface area contributed by atoms with Crippen LogP contribution in [0, 0.1) is 0 Å². The first-order chi connectivity index (χ1) is 12.1. The summed E-state index contributed by atoms with van der Waals surface area (Å²) in [7, 11) is 0. The molecule has 0 aliphatic heterocycles. The van der Waals surface area contributed by atoms with Crippen molar-refractivity contribution < 1.29 is 29.2 Å². The summed E-state index contributed by atoms with van der Waals surface area (Å²) in [5, 5.41) is 19.5. The van der Waals surface area contributed by atoms with E-state index in [9.17, 15) is 9.90 Å². The Hall–Kier alpha value is -0.690. The fraction of sp³-hybridized carbons (Fsp3) is 0.947. The monoisotopic (exact) mass is 362 g/mol. The van der Waals surface area contributed by atoms with Crippen LogP contribution >= 0.6 is 0 Å². The van der Waals surface area contributed by atoms with E-state index in [2.05, 4.69) is 20.8 Å². The zero-order valence-electron chi connectivity index (χ0n) is 16.2. The lowest BCUT2D eigenvalue weighted by Gasteiger charge is -2.31. The molecule has 25 heavy (non-hydrogen) atoms. The van der Waals surface area contributed by atoms with Crippen LogP contribution in [0.15, 0.2) is 0 Å². The Balaban J connectivity index is 4.77. The number of aliphatic hydroxyl groups is 1. The quantitative estimate of drug-likeness (QED) is 0.364. The van der Waals surface area contributed by atoms with E-state index >= 15 is 0 Å². The summed E-state index contributed by atoms with van der Waals surface area (Å²) < 4.78 is 17.3. The van der Waals surface area contributed by atoms with Gasteiger partial charge in [0.15, 0.2) is 0 Å². The number of ether oxygens (including phenoxy) is 3. The second-order valence-electron chi connectivity index (χ2n) is 6.38. The maximum absolute atomic E-state index is 10.9. The molecule has 3 atom stereocenters. The second-order valence-corrected chi connectivity index (χ2v) is 6.38. The topological polar surface area (TPSA) is 85.2 Å². The first-order valence-electron chi connectivity index (χ1n) is 9.77. The average molecular weight is 363 g/mol. The fourth-order valence-corrected chi connectivity index (χ4v) is 2.36. The molecule has 6 nitrogen and oxygen atoms in total. The van der Waals surface area contributed by atoms with Crippen LogP contribution in [0.25, 0.3) is 0 Å². The van der Waals surface area contributed by atoms with Crippen LogP contribution in [0.5, 0.6) is 0 Å². The molecular formula is C19H38O6. The van der Waals surface area contributed by atoms with Crippen molar-refractivity contribution in [2.24, 2.45) is 0 Å². The van der Waals surface area contributed by atoms with Gasteiger partial charge in [0.2, 0.25) is 0 Å². The summed E-state index contributed by atoms with van der Waals surface area (Å²) in [5.74, 6) is -0.870. The smallest absolute Gasteiger partial charge is 0.303 e. The van der Waals surface area contributed by atoms with Crippen molar-refractivity contribution >= 4 is 5.97 Å². The molecule has 0 amide bonds. The van der Waals surface area contributed by atoms with Crippen molar-refractivity contribution in [3.8, 4) is 0 Å². The first-order valence-corrected chi connectivity index (χ1v) is 9.77. The standard InChI is InChI=1S/C19H38O6/c1-4-7-12-23-15-16(20)19(25-14-9-6-3)17(10-11-18(21)22)24-13-8-5-2/h16-17,19-20H,4-15H2,1-3H3,(H,21,22)/t16-,17+,19-/m1/s1. The van der Waals surface area contributed by atoms with Gasteiger partial charge in [-0.25, -0.2) is 0 Å². The summed E-state index contributed by atoms with van der Waals surface area (Å²) in [5.41, 5.74) is 0. The third-order valence-corrected chi connectivity index (χ3v) is 3.96. The van der Waals surface area contributed by atoms with Gasteiger partial charge in [0.25, 0.3) is 0 Å². The molecule has 0 fully saturated rings. The molecule has 0 aliphatic rings. The molecular weight excluding hydrogens is 324 g/mol. The van der Waals surface area contributed by atoms with Crippen LogP contribution in [0.3, 0.4) is 0 Å². The van der Waals surface area contributed by atoms with Gasteiger partial charge in [-0.2, -0.15) is 0 Å². The molecule has 0 bridgehead atoms. The highest BCUT2D eigenvalue weighted by atomic mass is 16.6. The molecule has 0 saturated carbocycles. The molecule has 2 N–H and O–H groups in total. The predicted molar refractivity (Wildman–Crippen MR) is 97.9 cm³/mol. The van der Waals surface area contributed by atoms with Crippen LogP contribution in [0.1, 0.15) is 72.1 Å². The van der Waals surface area contributed by atoms with Gasteiger partial charge >= 0.3 is 5.97 Å². The second kappa shape index (κ2) is 16.8. The maximum atomic E-state index is 10.9. The molecule has 0 aliphatic carbocycles. The van der Waals surface area contributed by atoms with E-state index < -0.39 is 24.3 Å². The predicted octanol–water partition coefficient (Wildman–Crippen LogP) is 3.40. The zero-order valence-corrected chi connectivity index (χ0v) is 16.2. The number of unbranched alkanes of at least 4 members (excludes halogenated alkanes) is 3. The summed E-state index contributed by atoms with van der Waals surface area (Å²) >= 11 is 0. The van der Waals surface area contributed by atoms with Gasteiger partial charge in [-0.3, -0.25) is 4.79 Å². The van der Waals surface area contributed by atoms with E-state index in [-0.39, 0.29) is 13.0 Å². The summed E-state index contributed by atoms with van der Waals surface area (Å²) in [6, 6.07) is 0. The van der Waals surface area contributed by atoms with E-state index in [0.717, 1.165) is 38.5 Å². The van der Waals surface area contributed by atoms with Crippen molar-refractivity contribution in [3.63, 3.8) is 0 Å². The highest BCUT2D eigenvalue weighted by Crippen LogP contribution is 2.17. The molecule has 0 unspecified atom stereocenters. The van der Waals surface area contributed by atoms with Crippen molar-refractivity contribution in [3.05, 3.63) is 0 Å². The Labute approximate surface area is 152 Å². The number of hydrogen-bond donors (Lipinski definition) is 2. The van der Waals surface area contributed by atoms with Crippen molar-refractivity contribution in [1.29, 1.82) is 0 Å². The van der Waals surface area contributed by atoms with Gasteiger partial charge in [-0.15, -0.1) is 0 Å². The third kappa shape index (κ3) is 13.2. The first kappa shape index (κ1) is 24.3. The molecule has 150 valence electrons. The molecule has 6 heteroatoms. The number of aliphatic carboxylic acids is 1. The lowest BCUT2D eigenvalue weighted by molar-refractivity contribution is -0.148. The van der Waals surface area contributed by atoms with E-state index in [1.165, 1.54) is 0 Å². The Kier molecular flexibility index (Phi) is 16.3. The van der Waals surface area contributed by atoms with Crippen molar-refractivity contribution in [2.45, 2.75) is 90.4 Å². The molecule has 0 spiro atoms. The van der Waals surface area contributed by atoms with Crippen LogP contribution in [-0.4, -0.2) is 60.9 Å². The third-order valence-electron chi connectivity index (χ3n) is 3.96. The Morgan fingerprint density at radius 2 is 1.48 bits per heavy atom. The van der Waals surface area contributed by atoms with Crippen LogP contribution in [-0.2, 0) is 19.0 Å². The SMILES string of the molecule is CCCCOC[C@@H](O)[C@@H](OCCCC)[C@H](CCC(=O)O)OCCCC. The summed E-state index contributed by atoms with van der Waals surface area (Å²) in [6.07, 6.45) is 4.24. The number of aliphatic hydroxyl groups excluding tert-OH is 1. The highest BCUT2D eigenvalue weighted by Gasteiger charge is 2.30. The Bertz CT molecular complexity index is 310. The number of rotatable bonds is 18. The molecule has 0 aromatic carbocycles. The summed E-state index contributed by atoms with van der Waals surface area (Å²) in [6.45, 7) is 8.07. The summed E-state index contributed by atoms with van der Waals surface area (Å²) in [4.78, 5) is 10.9. The molecule has 0 rings (SSSR count). The van der Waals surface area contributed by atoms with E-state index in [1.807, 2.05) is 0 Å². The minimum atomic E-state index is -0.870. The van der Waals surface area contributed by atoms with Crippen molar-refractivity contribution in [1.82, 2.24) is 0 Å². The fourth-order valence-electron chi connectivity index (χ4n) is 2.36. The Morgan fingerprint density at radius 3 is 2.04 bits per heavy atom. The largest absolute Gasteiger partial charge is 0.481 e. The van der Waals surface area contributed by atoms with Gasteiger partial charge in [-0.05, 0) is 25.7 Å². The van der Waals surface area contributed by atoms with Gasteiger partial charge in [0.1, 0.15) is 12.2 Å². The number of carbonyl (C=O) groups is 1. The van der Waals surface area contributed by atoms with E-state index in [1.54, 1.807) is 0 Å². The maximum Gasteiger partial charge on any atom is 0.303 e. The van der Waals surface area contributed by atoms with E-state index in [4.69, 9.17) is 19.3 Å².